The highest BCUT2D eigenvalue weighted by molar-refractivity contribution is 7.80. The van der Waals surface area contributed by atoms with Gasteiger partial charge in [0.05, 0.1) is 12.2 Å². The lowest BCUT2D eigenvalue weighted by molar-refractivity contribution is 0.453. The van der Waals surface area contributed by atoms with Gasteiger partial charge < -0.3 is 15.1 Å². The van der Waals surface area contributed by atoms with Crippen molar-refractivity contribution in [2.45, 2.75) is 51.7 Å². The summed E-state index contributed by atoms with van der Waals surface area (Å²) in [5.41, 5.74) is 6.58. The Morgan fingerprint density at radius 2 is 2.03 bits per heavy atom. The van der Waals surface area contributed by atoms with Gasteiger partial charge >= 0.3 is 0 Å². The minimum atomic E-state index is -0.525. The number of hydrogen-bond acceptors (Lipinski definition) is 7. The van der Waals surface area contributed by atoms with Crippen molar-refractivity contribution in [2.75, 3.05) is 40.5 Å². The summed E-state index contributed by atoms with van der Waals surface area (Å²) in [4.78, 5) is 18.2. The Morgan fingerprint density at radius 1 is 1.14 bits per heavy atom. The summed E-state index contributed by atoms with van der Waals surface area (Å²) in [6.07, 6.45) is 6.31. The van der Waals surface area contributed by atoms with E-state index in [1.807, 2.05) is 0 Å². The van der Waals surface area contributed by atoms with Gasteiger partial charge in [0.15, 0.2) is 0 Å². The first-order valence-electron chi connectivity index (χ1n) is 12.3. The number of rotatable bonds is 7. The van der Waals surface area contributed by atoms with E-state index in [0.717, 1.165) is 67.4 Å². The Kier molecular flexibility index (Phi) is 6.82. The zero-order valence-corrected chi connectivity index (χ0v) is 21.4. The van der Waals surface area contributed by atoms with E-state index < -0.39 is 6.67 Å². The Morgan fingerprint density at radius 3 is 2.86 bits per heavy atom. The number of pyridine rings is 1. The molecule has 0 radical (unpaired) electrons. The van der Waals surface area contributed by atoms with Crippen LogP contribution in [0.3, 0.4) is 0 Å². The van der Waals surface area contributed by atoms with E-state index in [4.69, 9.17) is 0 Å². The van der Waals surface area contributed by atoms with E-state index in [-0.39, 0.29) is 5.41 Å². The van der Waals surface area contributed by atoms with Crippen molar-refractivity contribution < 1.29 is 4.39 Å². The number of anilines is 4. The second-order valence-electron chi connectivity index (χ2n) is 9.99. The fourth-order valence-corrected chi connectivity index (χ4v) is 5.35. The topological polar surface area (TPSA) is 57.2 Å². The molecule has 0 fully saturated rings. The smallest absolute Gasteiger partial charge is 0.137 e. The third-order valence-corrected chi connectivity index (χ3v) is 7.56. The maximum Gasteiger partial charge on any atom is 0.137 e. The SMILES string of the molecule is CC1(C)CCN(CCCS)c2cc(Nc3ncnc4c3CCN(c3ncccc3CF)C4)ccc21. The van der Waals surface area contributed by atoms with Crippen LogP contribution in [0, 0.1) is 0 Å². The molecular formula is C27H33FN6S. The molecule has 0 saturated carbocycles. The molecule has 0 bridgehead atoms. The maximum atomic E-state index is 13.5. The van der Waals surface area contributed by atoms with E-state index in [1.165, 1.54) is 11.3 Å². The second-order valence-corrected chi connectivity index (χ2v) is 10.4. The molecule has 35 heavy (non-hydrogen) atoms. The van der Waals surface area contributed by atoms with Gasteiger partial charge in [0.25, 0.3) is 0 Å². The summed E-state index contributed by atoms with van der Waals surface area (Å²) < 4.78 is 13.5. The zero-order chi connectivity index (χ0) is 24.4. The lowest BCUT2D eigenvalue weighted by Crippen LogP contribution is -2.38. The number of nitrogens with zero attached hydrogens (tertiary/aromatic N) is 5. The van der Waals surface area contributed by atoms with Crippen LogP contribution in [0.2, 0.25) is 0 Å². The van der Waals surface area contributed by atoms with Crippen LogP contribution in [0.15, 0.2) is 42.9 Å². The summed E-state index contributed by atoms with van der Waals surface area (Å²) in [6, 6.07) is 10.3. The molecule has 8 heteroatoms. The number of hydrogen-bond donors (Lipinski definition) is 2. The van der Waals surface area contributed by atoms with Gasteiger partial charge in [0, 0.05) is 48.3 Å². The van der Waals surface area contributed by atoms with E-state index in [0.29, 0.717) is 17.9 Å². The molecule has 4 heterocycles. The van der Waals surface area contributed by atoms with E-state index in [1.54, 1.807) is 24.7 Å². The highest BCUT2D eigenvalue weighted by atomic mass is 32.1. The summed E-state index contributed by atoms with van der Waals surface area (Å²) in [5, 5.41) is 3.58. The maximum absolute atomic E-state index is 13.5. The Balaban J connectivity index is 1.41. The average molecular weight is 493 g/mol. The molecule has 1 N–H and O–H groups in total. The first-order chi connectivity index (χ1) is 17.0. The van der Waals surface area contributed by atoms with Crippen molar-refractivity contribution in [3.05, 3.63) is 65.2 Å². The molecule has 0 aliphatic carbocycles. The first kappa shape index (κ1) is 23.9. The molecule has 2 aliphatic heterocycles. The number of nitrogens with one attached hydrogen (secondary N) is 1. The molecule has 0 spiro atoms. The summed E-state index contributed by atoms with van der Waals surface area (Å²) in [7, 11) is 0. The van der Waals surface area contributed by atoms with Crippen molar-refractivity contribution >= 4 is 35.6 Å². The highest BCUT2D eigenvalue weighted by Crippen LogP contribution is 2.41. The van der Waals surface area contributed by atoms with Crippen molar-refractivity contribution in [1.29, 1.82) is 0 Å². The molecule has 2 aromatic heterocycles. The minimum absolute atomic E-state index is 0.160. The summed E-state index contributed by atoms with van der Waals surface area (Å²) in [6.45, 7) is 7.55. The molecule has 184 valence electrons. The van der Waals surface area contributed by atoms with Crippen LogP contribution < -0.4 is 15.1 Å². The first-order valence-corrected chi connectivity index (χ1v) is 13.0. The van der Waals surface area contributed by atoms with Gasteiger partial charge in [-0.3, -0.25) is 0 Å². The third-order valence-electron chi connectivity index (χ3n) is 7.24. The van der Waals surface area contributed by atoms with E-state index in [9.17, 15) is 4.39 Å². The second kappa shape index (κ2) is 10.0. The molecule has 0 unspecified atom stereocenters. The minimum Gasteiger partial charge on any atom is -0.371 e. The highest BCUT2D eigenvalue weighted by Gasteiger charge is 2.31. The van der Waals surface area contributed by atoms with E-state index >= 15 is 0 Å². The molecule has 0 saturated heterocycles. The largest absolute Gasteiger partial charge is 0.371 e. The van der Waals surface area contributed by atoms with Gasteiger partial charge in [-0.15, -0.1) is 0 Å². The number of halogens is 1. The van der Waals surface area contributed by atoms with Crippen LogP contribution in [-0.4, -0.2) is 40.3 Å². The molecular weight excluding hydrogens is 459 g/mol. The van der Waals surface area contributed by atoms with Gasteiger partial charge in [0.2, 0.25) is 0 Å². The lowest BCUT2D eigenvalue weighted by atomic mass is 9.77. The van der Waals surface area contributed by atoms with Crippen LogP contribution in [0.5, 0.6) is 0 Å². The zero-order valence-electron chi connectivity index (χ0n) is 20.5. The van der Waals surface area contributed by atoms with Crippen LogP contribution in [0.25, 0.3) is 0 Å². The van der Waals surface area contributed by atoms with Gasteiger partial charge in [-0.1, -0.05) is 26.0 Å². The average Bonchev–Trinajstić information content (AvgIpc) is 2.88. The Labute approximate surface area is 212 Å². The van der Waals surface area contributed by atoms with Gasteiger partial charge in [-0.25, -0.2) is 19.3 Å². The van der Waals surface area contributed by atoms with Gasteiger partial charge in [-0.05, 0) is 54.2 Å². The monoisotopic (exact) mass is 492 g/mol. The molecule has 6 nitrogen and oxygen atoms in total. The predicted octanol–water partition coefficient (Wildman–Crippen LogP) is 5.46. The molecule has 0 atom stereocenters. The van der Waals surface area contributed by atoms with Crippen LogP contribution >= 0.6 is 12.6 Å². The normalized spacial score (nSPS) is 16.6. The van der Waals surface area contributed by atoms with Crippen LogP contribution in [-0.2, 0) is 25.1 Å². The fourth-order valence-electron chi connectivity index (χ4n) is 5.21. The van der Waals surface area contributed by atoms with Crippen molar-refractivity contribution in [3.63, 3.8) is 0 Å². The van der Waals surface area contributed by atoms with Gasteiger partial charge in [-0.2, -0.15) is 12.6 Å². The molecule has 5 rings (SSSR count). The van der Waals surface area contributed by atoms with E-state index in [2.05, 4.69) is 74.7 Å². The van der Waals surface area contributed by atoms with Crippen molar-refractivity contribution in [1.82, 2.24) is 15.0 Å². The molecule has 1 aromatic carbocycles. The number of alkyl halides is 1. The third kappa shape index (κ3) is 4.81. The Hall–Kier alpha value is -2.87. The summed E-state index contributed by atoms with van der Waals surface area (Å²) >= 11 is 4.42. The number of thiol groups is 1. The molecule has 0 amide bonds. The summed E-state index contributed by atoms with van der Waals surface area (Å²) in [5.74, 6) is 2.44. The number of benzene rings is 1. The fraction of sp³-hybridized carbons (Fsp3) is 0.444. The predicted molar refractivity (Wildman–Crippen MR) is 144 cm³/mol. The van der Waals surface area contributed by atoms with Crippen LogP contribution in [0.1, 0.15) is 49.1 Å². The number of fused-ring (bicyclic) bond motifs is 2. The molecule has 2 aliphatic rings. The van der Waals surface area contributed by atoms with Gasteiger partial charge in [0.1, 0.15) is 24.6 Å². The van der Waals surface area contributed by atoms with Crippen LogP contribution in [0.4, 0.5) is 27.4 Å². The standard InChI is InChI=1S/C27H33FN6S/c1-27(2)9-13-33(11-4-14-35)24-15-20(6-7-22(24)27)32-25-21-8-12-34(17-23(21)30-18-31-25)26-19(16-28)5-3-10-29-26/h3,5-7,10,15,18,35H,4,8-9,11-14,16-17H2,1-2H3,(H,30,31,32). The molecule has 3 aromatic rings. The quantitative estimate of drug-likeness (QED) is 0.428. The number of aromatic nitrogens is 3. The van der Waals surface area contributed by atoms with Crippen molar-refractivity contribution in [2.24, 2.45) is 0 Å². The van der Waals surface area contributed by atoms with Crippen molar-refractivity contribution in [3.8, 4) is 0 Å². The Bertz CT molecular complexity index is 1200. The lowest BCUT2D eigenvalue weighted by Gasteiger charge is -2.40.